The Morgan fingerprint density at radius 2 is 2.12 bits per heavy atom. The monoisotopic (exact) mass is 328 g/mol. The average Bonchev–Trinajstić information content (AvgIpc) is 2.57. The van der Waals surface area contributed by atoms with Crippen LogP contribution in [0.15, 0.2) is 42.5 Å². The van der Waals surface area contributed by atoms with Crippen LogP contribution in [-0.4, -0.2) is 17.0 Å². The Balaban J connectivity index is 1.92. The number of allylic oxidation sites excluding steroid dienone is 2. The molecule has 2 aliphatic rings. The van der Waals surface area contributed by atoms with E-state index < -0.39 is 5.41 Å². The minimum atomic E-state index is -0.456. The van der Waals surface area contributed by atoms with Crippen LogP contribution in [0.3, 0.4) is 0 Å². The first kappa shape index (κ1) is 17.1. The summed E-state index contributed by atoms with van der Waals surface area (Å²) in [5, 5.41) is 10.4. The van der Waals surface area contributed by atoms with Crippen molar-refractivity contribution in [1.82, 2.24) is 0 Å². The summed E-state index contributed by atoms with van der Waals surface area (Å²) in [4.78, 5) is 13.2. The lowest BCUT2D eigenvalue weighted by atomic mass is 9.54. The number of halogens is 1. The molecule has 0 heterocycles. The third-order valence-electron chi connectivity index (χ3n) is 6.00. The number of hydrogen-bond acceptors (Lipinski definition) is 2. The SMILES string of the molecule is C=CC[C@H]1[C@H](O)CC[C@@]2(C)C(=O)/C(=C/c3ccccc3F)CC[C@H]12. The Morgan fingerprint density at radius 1 is 1.38 bits per heavy atom. The van der Waals surface area contributed by atoms with Crippen molar-refractivity contribution in [2.45, 2.75) is 45.1 Å². The number of ketones is 1. The third kappa shape index (κ3) is 2.86. The van der Waals surface area contributed by atoms with Crippen LogP contribution in [0.25, 0.3) is 6.08 Å². The van der Waals surface area contributed by atoms with Gasteiger partial charge in [0.1, 0.15) is 5.82 Å². The van der Waals surface area contributed by atoms with Crippen LogP contribution in [0.5, 0.6) is 0 Å². The molecule has 0 bridgehead atoms. The summed E-state index contributed by atoms with van der Waals surface area (Å²) in [6.45, 7) is 5.82. The molecule has 4 atom stereocenters. The summed E-state index contributed by atoms with van der Waals surface area (Å²) in [7, 11) is 0. The number of aliphatic hydroxyl groups is 1. The molecule has 2 nitrogen and oxygen atoms in total. The van der Waals surface area contributed by atoms with Crippen molar-refractivity contribution >= 4 is 11.9 Å². The molecular weight excluding hydrogens is 303 g/mol. The van der Waals surface area contributed by atoms with Crippen LogP contribution in [0.1, 0.15) is 44.6 Å². The summed E-state index contributed by atoms with van der Waals surface area (Å²) >= 11 is 0. The zero-order valence-electron chi connectivity index (χ0n) is 14.2. The van der Waals surface area contributed by atoms with Crippen LogP contribution in [-0.2, 0) is 4.79 Å². The summed E-state index contributed by atoms with van der Waals surface area (Å²) < 4.78 is 13.9. The summed E-state index contributed by atoms with van der Waals surface area (Å²) in [6, 6.07) is 6.56. The Morgan fingerprint density at radius 3 is 2.83 bits per heavy atom. The molecule has 1 aromatic carbocycles. The fraction of sp³-hybridized carbons (Fsp3) is 0.476. The molecule has 128 valence electrons. The zero-order valence-corrected chi connectivity index (χ0v) is 14.2. The van der Waals surface area contributed by atoms with Crippen LogP contribution < -0.4 is 0 Å². The predicted molar refractivity (Wildman–Crippen MR) is 93.8 cm³/mol. The number of Topliss-reactive ketones (excluding diaryl/α,β-unsaturated/α-hetero) is 1. The molecule has 0 aliphatic heterocycles. The average molecular weight is 328 g/mol. The number of fused-ring (bicyclic) bond motifs is 1. The van der Waals surface area contributed by atoms with E-state index in [1.807, 2.05) is 13.0 Å². The molecule has 0 amide bonds. The maximum Gasteiger partial charge on any atom is 0.165 e. The summed E-state index contributed by atoms with van der Waals surface area (Å²) in [6.07, 6.45) is 6.78. The molecular formula is C21H25FO2. The first-order chi connectivity index (χ1) is 11.5. The molecule has 2 saturated carbocycles. The van der Waals surface area contributed by atoms with Gasteiger partial charge in [-0.15, -0.1) is 6.58 Å². The maximum absolute atomic E-state index is 13.9. The molecule has 0 radical (unpaired) electrons. The van der Waals surface area contributed by atoms with Crippen molar-refractivity contribution < 1.29 is 14.3 Å². The predicted octanol–water partition coefficient (Wildman–Crippen LogP) is 4.54. The van der Waals surface area contributed by atoms with Gasteiger partial charge in [-0.2, -0.15) is 0 Å². The molecule has 3 heteroatoms. The molecule has 0 aromatic heterocycles. The lowest BCUT2D eigenvalue weighted by molar-refractivity contribution is -0.138. The van der Waals surface area contributed by atoms with Gasteiger partial charge in [0.25, 0.3) is 0 Å². The standard InChI is InChI=1S/C21H25FO2/c1-3-6-16-17-10-9-15(13-14-7-4-5-8-18(14)22)20(24)21(17,2)12-11-19(16)23/h3-5,7-8,13,16-17,19,23H,1,6,9-12H2,2H3/b15-13+/t16-,17-,19-,21-/m1/s1. The quantitative estimate of drug-likeness (QED) is 0.653. The normalized spacial score (nSPS) is 34.9. The highest BCUT2D eigenvalue weighted by Crippen LogP contribution is 2.53. The molecule has 3 rings (SSSR count). The van der Waals surface area contributed by atoms with Gasteiger partial charge in [0, 0.05) is 11.0 Å². The molecule has 0 spiro atoms. The lowest BCUT2D eigenvalue weighted by Gasteiger charge is -2.50. The number of hydrogen-bond donors (Lipinski definition) is 1. The number of carbonyl (C=O) groups excluding carboxylic acids is 1. The van der Waals surface area contributed by atoms with Gasteiger partial charge in [-0.3, -0.25) is 4.79 Å². The van der Waals surface area contributed by atoms with E-state index >= 15 is 0 Å². The van der Waals surface area contributed by atoms with E-state index in [1.54, 1.807) is 24.3 Å². The van der Waals surface area contributed by atoms with Gasteiger partial charge in [0.05, 0.1) is 6.10 Å². The van der Waals surface area contributed by atoms with Crippen LogP contribution in [0.4, 0.5) is 4.39 Å². The largest absolute Gasteiger partial charge is 0.393 e. The Bertz CT molecular complexity index is 678. The fourth-order valence-corrected chi connectivity index (χ4v) is 4.63. The van der Waals surface area contributed by atoms with E-state index in [2.05, 4.69) is 6.58 Å². The van der Waals surface area contributed by atoms with Gasteiger partial charge < -0.3 is 5.11 Å². The highest BCUT2D eigenvalue weighted by molar-refractivity contribution is 6.04. The Hall–Kier alpha value is -1.74. The van der Waals surface area contributed by atoms with E-state index in [9.17, 15) is 14.3 Å². The molecule has 24 heavy (non-hydrogen) atoms. The van der Waals surface area contributed by atoms with Gasteiger partial charge in [-0.05, 0) is 61.7 Å². The van der Waals surface area contributed by atoms with E-state index in [-0.39, 0.29) is 29.5 Å². The van der Waals surface area contributed by atoms with Gasteiger partial charge in [0.15, 0.2) is 5.78 Å². The first-order valence-electron chi connectivity index (χ1n) is 8.76. The topological polar surface area (TPSA) is 37.3 Å². The molecule has 2 aliphatic carbocycles. The molecule has 1 aromatic rings. The minimum Gasteiger partial charge on any atom is -0.393 e. The highest BCUT2D eigenvalue weighted by atomic mass is 19.1. The van der Waals surface area contributed by atoms with E-state index in [0.29, 0.717) is 30.4 Å². The highest BCUT2D eigenvalue weighted by Gasteiger charge is 2.52. The number of aliphatic hydroxyl groups excluding tert-OH is 1. The van der Waals surface area contributed by atoms with Gasteiger partial charge >= 0.3 is 0 Å². The summed E-state index contributed by atoms with van der Waals surface area (Å²) in [5.41, 5.74) is 0.733. The van der Waals surface area contributed by atoms with Crippen molar-refractivity contribution in [2.24, 2.45) is 17.3 Å². The maximum atomic E-state index is 13.9. The molecule has 0 saturated heterocycles. The van der Waals surface area contributed by atoms with Gasteiger partial charge in [0.2, 0.25) is 0 Å². The van der Waals surface area contributed by atoms with Crippen molar-refractivity contribution in [1.29, 1.82) is 0 Å². The van der Waals surface area contributed by atoms with E-state index in [0.717, 1.165) is 12.8 Å². The summed E-state index contributed by atoms with van der Waals surface area (Å²) in [5.74, 6) is 0.0985. The Kier molecular flexibility index (Phi) is 4.73. The number of carbonyl (C=O) groups is 1. The van der Waals surface area contributed by atoms with Crippen LogP contribution in [0, 0.1) is 23.1 Å². The van der Waals surface area contributed by atoms with Gasteiger partial charge in [-0.25, -0.2) is 4.39 Å². The smallest absolute Gasteiger partial charge is 0.165 e. The second-order valence-corrected chi connectivity index (χ2v) is 7.38. The third-order valence-corrected chi connectivity index (χ3v) is 6.00. The second-order valence-electron chi connectivity index (χ2n) is 7.38. The number of rotatable bonds is 3. The van der Waals surface area contributed by atoms with Crippen LogP contribution in [0.2, 0.25) is 0 Å². The second kappa shape index (κ2) is 6.64. The zero-order chi connectivity index (χ0) is 17.3. The van der Waals surface area contributed by atoms with E-state index in [1.165, 1.54) is 6.07 Å². The van der Waals surface area contributed by atoms with Crippen LogP contribution >= 0.6 is 0 Å². The van der Waals surface area contributed by atoms with Crippen molar-refractivity contribution in [3.8, 4) is 0 Å². The first-order valence-corrected chi connectivity index (χ1v) is 8.76. The number of benzene rings is 1. The van der Waals surface area contributed by atoms with Crippen molar-refractivity contribution in [3.05, 3.63) is 53.9 Å². The van der Waals surface area contributed by atoms with Crippen molar-refractivity contribution in [2.75, 3.05) is 0 Å². The fourth-order valence-electron chi connectivity index (χ4n) is 4.63. The minimum absolute atomic E-state index is 0.0974. The molecule has 2 fully saturated rings. The van der Waals surface area contributed by atoms with E-state index in [4.69, 9.17) is 0 Å². The Labute approximate surface area is 143 Å². The van der Waals surface area contributed by atoms with Crippen molar-refractivity contribution in [3.63, 3.8) is 0 Å². The molecule has 1 N–H and O–H groups in total. The molecule has 0 unspecified atom stereocenters. The van der Waals surface area contributed by atoms with Gasteiger partial charge in [-0.1, -0.05) is 31.2 Å². The lowest BCUT2D eigenvalue weighted by Crippen LogP contribution is -2.50.